The third-order valence-corrected chi connectivity index (χ3v) is 2.83. The fourth-order valence-electron chi connectivity index (χ4n) is 1.72. The van der Waals surface area contributed by atoms with Crippen molar-refractivity contribution >= 4 is 34.4 Å². The zero-order valence-electron chi connectivity index (χ0n) is 10.3. The minimum Gasteiger partial charge on any atom is -0.430 e. The number of halogens is 1. The smallest absolute Gasteiger partial charge is 0.313 e. The van der Waals surface area contributed by atoms with Crippen LogP contribution in [0.3, 0.4) is 0 Å². The molecule has 0 aliphatic carbocycles. The Labute approximate surface area is 121 Å². The number of nitrogen functional groups attached to an aromatic ring is 1. The molecule has 0 amide bonds. The molecule has 3 N–H and O–H groups in total. The van der Waals surface area contributed by atoms with E-state index in [1.54, 1.807) is 0 Å². The number of nitrogens with zero attached hydrogens (tertiary/aromatic N) is 4. The van der Waals surface area contributed by atoms with Crippen LogP contribution in [0.4, 0.5) is 11.6 Å². The molecule has 0 aliphatic rings. The van der Waals surface area contributed by atoms with E-state index in [0.29, 0.717) is 11.2 Å². The van der Waals surface area contributed by atoms with Gasteiger partial charge in [-0.05, 0) is 12.1 Å². The summed E-state index contributed by atoms with van der Waals surface area (Å²) in [7, 11) is 0. The van der Waals surface area contributed by atoms with E-state index >= 15 is 0 Å². The maximum atomic E-state index is 11.0. The third-order valence-electron chi connectivity index (χ3n) is 2.59. The summed E-state index contributed by atoms with van der Waals surface area (Å²) in [6.07, 6.45) is 1.39. The van der Waals surface area contributed by atoms with E-state index < -0.39 is 4.92 Å². The highest BCUT2D eigenvalue weighted by molar-refractivity contribution is 6.30. The standard InChI is InChI=1S/C11H7ClN6O3/c12-5-1-2-7(6(3-5)18(19)20)21-10-8-9(15-4-14-8)16-11(13)17-10/h1-4H,(H3,13,14,15,16,17). The molecule has 2 aromatic heterocycles. The Bertz CT molecular complexity index is 849. The number of fused-ring (bicyclic) bond motifs is 1. The monoisotopic (exact) mass is 306 g/mol. The number of benzene rings is 1. The number of hydrogen-bond acceptors (Lipinski definition) is 7. The van der Waals surface area contributed by atoms with E-state index in [1.165, 1.54) is 24.5 Å². The van der Waals surface area contributed by atoms with Gasteiger partial charge in [0.05, 0.1) is 11.3 Å². The number of H-pyrrole nitrogens is 1. The maximum absolute atomic E-state index is 11.0. The molecule has 10 heteroatoms. The second kappa shape index (κ2) is 4.87. The van der Waals surface area contributed by atoms with Crippen LogP contribution in [-0.2, 0) is 0 Å². The van der Waals surface area contributed by atoms with E-state index in [9.17, 15) is 10.1 Å². The Morgan fingerprint density at radius 2 is 2.19 bits per heavy atom. The number of anilines is 1. The number of aromatic nitrogens is 4. The number of nitro benzene ring substituents is 1. The lowest BCUT2D eigenvalue weighted by Crippen LogP contribution is -2.00. The molecule has 3 aromatic rings. The van der Waals surface area contributed by atoms with Gasteiger partial charge in [-0.25, -0.2) is 4.98 Å². The third kappa shape index (κ3) is 2.41. The molecule has 2 heterocycles. The Morgan fingerprint density at radius 3 is 2.95 bits per heavy atom. The van der Waals surface area contributed by atoms with Crippen molar-refractivity contribution in [1.29, 1.82) is 0 Å². The molecule has 21 heavy (non-hydrogen) atoms. The minimum absolute atomic E-state index is 0.0154. The van der Waals surface area contributed by atoms with Crippen LogP contribution in [0, 0.1) is 10.1 Å². The molecular formula is C11H7ClN6O3. The number of nitrogens with one attached hydrogen (secondary N) is 1. The first-order valence-corrected chi connectivity index (χ1v) is 6.01. The number of hydrogen-bond donors (Lipinski definition) is 2. The van der Waals surface area contributed by atoms with Gasteiger partial charge < -0.3 is 15.5 Å². The second-order valence-electron chi connectivity index (χ2n) is 3.96. The molecule has 0 bridgehead atoms. The van der Waals surface area contributed by atoms with Crippen molar-refractivity contribution < 1.29 is 9.66 Å². The molecule has 0 spiro atoms. The largest absolute Gasteiger partial charge is 0.430 e. The van der Waals surface area contributed by atoms with Crippen molar-refractivity contribution in [3.63, 3.8) is 0 Å². The Balaban J connectivity index is 2.10. The van der Waals surface area contributed by atoms with Crippen molar-refractivity contribution in [2.75, 3.05) is 5.73 Å². The van der Waals surface area contributed by atoms with E-state index in [0.717, 1.165) is 0 Å². The van der Waals surface area contributed by atoms with Gasteiger partial charge in [0.15, 0.2) is 5.65 Å². The van der Waals surface area contributed by atoms with Crippen LogP contribution in [0.25, 0.3) is 11.2 Å². The van der Waals surface area contributed by atoms with Gasteiger partial charge in [0.25, 0.3) is 5.88 Å². The average Bonchev–Trinajstić information content (AvgIpc) is 2.88. The lowest BCUT2D eigenvalue weighted by molar-refractivity contribution is -0.385. The number of aromatic amines is 1. The zero-order valence-corrected chi connectivity index (χ0v) is 11.0. The van der Waals surface area contributed by atoms with E-state index in [2.05, 4.69) is 19.9 Å². The summed E-state index contributed by atoms with van der Waals surface area (Å²) >= 11 is 5.74. The molecular weight excluding hydrogens is 300 g/mol. The van der Waals surface area contributed by atoms with Crippen molar-refractivity contribution in [2.24, 2.45) is 0 Å². The first kappa shape index (κ1) is 13.1. The molecule has 0 saturated heterocycles. The van der Waals surface area contributed by atoms with Crippen LogP contribution in [0.1, 0.15) is 0 Å². The molecule has 0 fully saturated rings. The summed E-state index contributed by atoms with van der Waals surface area (Å²) in [5.41, 5.74) is 5.95. The Hall–Kier alpha value is -2.94. The molecule has 3 rings (SSSR count). The van der Waals surface area contributed by atoms with Crippen LogP contribution in [0.2, 0.25) is 5.02 Å². The first-order valence-electron chi connectivity index (χ1n) is 5.63. The van der Waals surface area contributed by atoms with Gasteiger partial charge in [0.1, 0.15) is 5.52 Å². The molecule has 106 valence electrons. The fraction of sp³-hybridized carbons (Fsp3) is 0. The number of nitro groups is 1. The van der Waals surface area contributed by atoms with Crippen LogP contribution < -0.4 is 10.5 Å². The van der Waals surface area contributed by atoms with Gasteiger partial charge in [0.2, 0.25) is 11.7 Å². The zero-order chi connectivity index (χ0) is 15.0. The number of nitrogens with two attached hydrogens (primary N) is 1. The van der Waals surface area contributed by atoms with Gasteiger partial charge in [-0.15, -0.1) is 0 Å². The van der Waals surface area contributed by atoms with Crippen LogP contribution in [-0.4, -0.2) is 24.9 Å². The van der Waals surface area contributed by atoms with E-state index in [1.807, 2.05) is 0 Å². The summed E-state index contributed by atoms with van der Waals surface area (Å²) in [6, 6.07) is 4.03. The quantitative estimate of drug-likeness (QED) is 0.560. The summed E-state index contributed by atoms with van der Waals surface area (Å²) in [4.78, 5) is 25.0. The van der Waals surface area contributed by atoms with Crippen molar-refractivity contribution in [3.05, 3.63) is 39.7 Å². The molecule has 0 aliphatic heterocycles. The molecule has 1 aromatic carbocycles. The highest BCUT2D eigenvalue weighted by Gasteiger charge is 2.19. The van der Waals surface area contributed by atoms with Crippen LogP contribution in [0.15, 0.2) is 24.5 Å². The normalized spacial score (nSPS) is 10.7. The lowest BCUT2D eigenvalue weighted by Gasteiger charge is -2.06. The second-order valence-corrected chi connectivity index (χ2v) is 4.40. The average molecular weight is 307 g/mol. The van der Waals surface area contributed by atoms with Crippen molar-refractivity contribution in [2.45, 2.75) is 0 Å². The van der Waals surface area contributed by atoms with Gasteiger partial charge >= 0.3 is 5.69 Å². The van der Waals surface area contributed by atoms with Gasteiger partial charge in [-0.3, -0.25) is 10.1 Å². The molecule has 9 nitrogen and oxygen atoms in total. The molecule has 0 unspecified atom stereocenters. The number of imidazole rings is 1. The van der Waals surface area contributed by atoms with E-state index in [4.69, 9.17) is 22.1 Å². The van der Waals surface area contributed by atoms with Crippen molar-refractivity contribution in [1.82, 2.24) is 19.9 Å². The lowest BCUT2D eigenvalue weighted by atomic mass is 10.3. The van der Waals surface area contributed by atoms with Gasteiger partial charge in [-0.1, -0.05) is 11.6 Å². The van der Waals surface area contributed by atoms with Gasteiger partial charge in [0, 0.05) is 11.1 Å². The Kier molecular flexibility index (Phi) is 3.03. The highest BCUT2D eigenvalue weighted by Crippen LogP contribution is 2.34. The van der Waals surface area contributed by atoms with E-state index in [-0.39, 0.29) is 28.3 Å². The van der Waals surface area contributed by atoms with Crippen LogP contribution in [0.5, 0.6) is 11.6 Å². The maximum Gasteiger partial charge on any atom is 0.313 e. The SMILES string of the molecule is Nc1nc(Oc2ccc(Cl)cc2[N+](=O)[O-])c2[nH]cnc2n1. The molecule has 0 atom stereocenters. The highest BCUT2D eigenvalue weighted by atomic mass is 35.5. The van der Waals surface area contributed by atoms with Gasteiger partial charge in [-0.2, -0.15) is 9.97 Å². The Morgan fingerprint density at radius 1 is 1.38 bits per heavy atom. The fourth-order valence-corrected chi connectivity index (χ4v) is 1.89. The first-order chi connectivity index (χ1) is 10.0. The van der Waals surface area contributed by atoms with Crippen LogP contribution >= 0.6 is 11.6 Å². The molecule has 0 radical (unpaired) electrons. The summed E-state index contributed by atoms with van der Waals surface area (Å²) in [5, 5.41) is 11.3. The number of ether oxygens (including phenoxy) is 1. The topological polar surface area (TPSA) is 133 Å². The summed E-state index contributed by atoms with van der Waals surface area (Å²) in [6.45, 7) is 0. The minimum atomic E-state index is -0.601. The van der Waals surface area contributed by atoms with Crippen molar-refractivity contribution in [3.8, 4) is 11.6 Å². The predicted molar refractivity (Wildman–Crippen MR) is 74.3 cm³/mol. The number of rotatable bonds is 3. The summed E-state index contributed by atoms with van der Waals surface area (Å²) in [5.74, 6) is -0.0277. The molecule has 0 saturated carbocycles. The summed E-state index contributed by atoms with van der Waals surface area (Å²) < 4.78 is 5.48. The predicted octanol–water partition coefficient (Wildman–Crippen LogP) is 2.29.